The second-order valence-electron chi connectivity index (χ2n) is 4.37. The Kier molecular flexibility index (Phi) is 5.08. The number of alkyl halides is 3. The number of ether oxygens (including phenoxy) is 2. The van der Waals surface area contributed by atoms with Gasteiger partial charge in [0, 0.05) is 12.7 Å². The van der Waals surface area contributed by atoms with Crippen molar-refractivity contribution in [1.82, 2.24) is 0 Å². The molecule has 22 heavy (non-hydrogen) atoms. The van der Waals surface area contributed by atoms with Gasteiger partial charge in [0.1, 0.15) is 5.75 Å². The first-order valence-corrected chi connectivity index (χ1v) is 6.41. The van der Waals surface area contributed by atoms with Crippen molar-refractivity contribution in [2.75, 3.05) is 13.9 Å². The number of rotatable bonds is 3. The number of hydrogen-bond acceptors (Lipinski definition) is 2. The number of para-hydroxylation sites is 1. The van der Waals surface area contributed by atoms with E-state index < -0.39 is 11.7 Å². The van der Waals surface area contributed by atoms with Gasteiger partial charge in [-0.3, -0.25) is 0 Å². The highest BCUT2D eigenvalue weighted by atomic mass is 19.4. The zero-order chi connectivity index (χ0) is 16.0. The lowest BCUT2D eigenvalue weighted by atomic mass is 10.1. The highest BCUT2D eigenvalue weighted by molar-refractivity contribution is 5.49. The molecule has 0 radical (unpaired) electrons. The van der Waals surface area contributed by atoms with Gasteiger partial charge in [0.05, 0.1) is 11.1 Å². The zero-order valence-corrected chi connectivity index (χ0v) is 11.8. The van der Waals surface area contributed by atoms with Crippen LogP contribution < -0.4 is 4.74 Å². The van der Waals surface area contributed by atoms with E-state index in [0.29, 0.717) is 16.9 Å². The Balaban J connectivity index is 2.20. The molecular formula is C17H13F3O2. The van der Waals surface area contributed by atoms with E-state index in [2.05, 4.69) is 11.8 Å². The Morgan fingerprint density at radius 3 is 2.27 bits per heavy atom. The van der Waals surface area contributed by atoms with Gasteiger partial charge in [0.25, 0.3) is 0 Å². The van der Waals surface area contributed by atoms with Gasteiger partial charge in [0.2, 0.25) is 0 Å². The molecule has 0 fully saturated rings. The standard InChI is InChI=1S/C17H13F3O2/c1-21-12-22-16-5-3-2-4-14(16)9-6-13-7-10-15(11-8-13)17(18,19)20/h2-5,7-8,10-11H,12H2,1H3. The van der Waals surface area contributed by atoms with Gasteiger partial charge in [-0.2, -0.15) is 13.2 Å². The molecule has 2 rings (SSSR count). The van der Waals surface area contributed by atoms with Gasteiger partial charge in [-0.1, -0.05) is 24.0 Å². The second-order valence-corrected chi connectivity index (χ2v) is 4.37. The predicted molar refractivity (Wildman–Crippen MR) is 76.4 cm³/mol. The van der Waals surface area contributed by atoms with Crippen LogP contribution in [0.5, 0.6) is 5.75 Å². The topological polar surface area (TPSA) is 18.5 Å². The zero-order valence-electron chi connectivity index (χ0n) is 11.8. The largest absolute Gasteiger partial charge is 0.466 e. The van der Waals surface area contributed by atoms with Crippen molar-refractivity contribution in [2.24, 2.45) is 0 Å². The molecule has 114 valence electrons. The first-order chi connectivity index (χ1) is 10.5. The quantitative estimate of drug-likeness (QED) is 0.628. The van der Waals surface area contributed by atoms with Gasteiger partial charge in [-0.15, -0.1) is 0 Å². The molecular weight excluding hydrogens is 293 g/mol. The van der Waals surface area contributed by atoms with Crippen molar-refractivity contribution in [1.29, 1.82) is 0 Å². The van der Waals surface area contributed by atoms with Crippen molar-refractivity contribution in [3.05, 3.63) is 65.2 Å². The molecule has 2 nitrogen and oxygen atoms in total. The molecule has 0 N–H and O–H groups in total. The first-order valence-electron chi connectivity index (χ1n) is 6.41. The maximum atomic E-state index is 12.5. The summed E-state index contributed by atoms with van der Waals surface area (Å²) in [5.74, 6) is 6.26. The summed E-state index contributed by atoms with van der Waals surface area (Å²) in [5.41, 5.74) is 0.441. The van der Waals surface area contributed by atoms with Crippen LogP contribution in [0.15, 0.2) is 48.5 Å². The third-order valence-electron chi connectivity index (χ3n) is 2.77. The lowest BCUT2D eigenvalue weighted by molar-refractivity contribution is -0.137. The van der Waals surface area contributed by atoms with E-state index >= 15 is 0 Å². The monoisotopic (exact) mass is 306 g/mol. The molecule has 0 heterocycles. The molecule has 0 saturated carbocycles. The van der Waals surface area contributed by atoms with Crippen LogP contribution in [0.25, 0.3) is 0 Å². The molecule has 0 unspecified atom stereocenters. The predicted octanol–water partition coefficient (Wildman–Crippen LogP) is 4.09. The van der Waals surface area contributed by atoms with Crippen molar-refractivity contribution >= 4 is 0 Å². The van der Waals surface area contributed by atoms with Gasteiger partial charge in [0.15, 0.2) is 6.79 Å². The summed E-state index contributed by atoms with van der Waals surface area (Å²) in [7, 11) is 1.51. The third kappa shape index (κ3) is 4.27. The van der Waals surface area contributed by atoms with E-state index in [0.717, 1.165) is 12.1 Å². The Bertz CT molecular complexity index is 680. The average Bonchev–Trinajstić information content (AvgIpc) is 2.51. The average molecular weight is 306 g/mol. The van der Waals surface area contributed by atoms with Gasteiger partial charge in [-0.25, -0.2) is 0 Å². The molecule has 0 aliphatic heterocycles. The second kappa shape index (κ2) is 7.01. The molecule has 0 aliphatic carbocycles. The van der Waals surface area contributed by atoms with Crippen molar-refractivity contribution in [2.45, 2.75) is 6.18 Å². The summed E-state index contributed by atoms with van der Waals surface area (Å²) < 4.78 is 47.6. The molecule has 0 amide bonds. The molecule has 0 atom stereocenters. The third-order valence-corrected chi connectivity index (χ3v) is 2.77. The van der Waals surface area contributed by atoms with Crippen LogP contribution in [0.2, 0.25) is 0 Å². The highest BCUT2D eigenvalue weighted by Crippen LogP contribution is 2.29. The highest BCUT2D eigenvalue weighted by Gasteiger charge is 2.29. The lowest BCUT2D eigenvalue weighted by Crippen LogP contribution is -2.04. The van der Waals surface area contributed by atoms with E-state index in [1.54, 1.807) is 24.3 Å². The Morgan fingerprint density at radius 1 is 0.955 bits per heavy atom. The van der Waals surface area contributed by atoms with Crippen molar-refractivity contribution in [3.8, 4) is 17.6 Å². The van der Waals surface area contributed by atoms with E-state index in [-0.39, 0.29) is 6.79 Å². The minimum absolute atomic E-state index is 0.0962. The van der Waals surface area contributed by atoms with Crippen molar-refractivity contribution in [3.63, 3.8) is 0 Å². The Morgan fingerprint density at radius 2 is 1.64 bits per heavy atom. The summed E-state index contributed by atoms with van der Waals surface area (Å²) in [6.07, 6.45) is -4.34. The molecule has 0 saturated heterocycles. The van der Waals surface area contributed by atoms with Crippen LogP contribution in [0.1, 0.15) is 16.7 Å². The van der Waals surface area contributed by atoms with Crippen molar-refractivity contribution < 1.29 is 22.6 Å². The van der Waals surface area contributed by atoms with Crippen LogP contribution in [-0.2, 0) is 10.9 Å². The molecule has 0 bridgehead atoms. The minimum atomic E-state index is -4.34. The minimum Gasteiger partial charge on any atom is -0.466 e. The Labute approximate surface area is 126 Å². The molecule has 2 aromatic carbocycles. The van der Waals surface area contributed by atoms with Crippen LogP contribution >= 0.6 is 0 Å². The first kappa shape index (κ1) is 15.9. The fourth-order valence-electron chi connectivity index (χ4n) is 1.70. The number of halogens is 3. The normalized spacial score (nSPS) is 10.7. The molecule has 5 heteroatoms. The number of methoxy groups -OCH3 is 1. The summed E-state index contributed by atoms with van der Waals surface area (Å²) >= 11 is 0. The van der Waals surface area contributed by atoms with Crippen LogP contribution in [0, 0.1) is 11.8 Å². The molecule has 0 aliphatic rings. The lowest BCUT2D eigenvalue weighted by Gasteiger charge is -2.06. The SMILES string of the molecule is COCOc1ccccc1C#Cc1ccc(C(F)(F)F)cc1. The fourth-order valence-corrected chi connectivity index (χ4v) is 1.70. The molecule has 0 spiro atoms. The summed E-state index contributed by atoms with van der Waals surface area (Å²) in [4.78, 5) is 0. The summed E-state index contributed by atoms with van der Waals surface area (Å²) in [5, 5.41) is 0. The number of benzene rings is 2. The van der Waals surface area contributed by atoms with Gasteiger partial charge < -0.3 is 9.47 Å². The number of hydrogen-bond donors (Lipinski definition) is 0. The molecule has 2 aromatic rings. The van der Waals surface area contributed by atoms with E-state index in [1.807, 2.05) is 0 Å². The molecule has 0 aromatic heterocycles. The smallest absolute Gasteiger partial charge is 0.416 e. The fraction of sp³-hybridized carbons (Fsp3) is 0.176. The van der Waals surface area contributed by atoms with Crippen LogP contribution in [0.4, 0.5) is 13.2 Å². The van der Waals surface area contributed by atoms with Crippen LogP contribution in [0.3, 0.4) is 0 Å². The van der Waals surface area contributed by atoms with Gasteiger partial charge >= 0.3 is 6.18 Å². The summed E-state index contributed by atoms with van der Waals surface area (Å²) in [6, 6.07) is 11.8. The van der Waals surface area contributed by atoms with Crippen LogP contribution in [-0.4, -0.2) is 13.9 Å². The van der Waals surface area contributed by atoms with E-state index in [4.69, 9.17) is 9.47 Å². The maximum Gasteiger partial charge on any atom is 0.416 e. The van der Waals surface area contributed by atoms with E-state index in [9.17, 15) is 13.2 Å². The Hall–Kier alpha value is -2.45. The van der Waals surface area contributed by atoms with Gasteiger partial charge in [-0.05, 0) is 36.4 Å². The maximum absolute atomic E-state index is 12.5. The van der Waals surface area contributed by atoms with E-state index in [1.165, 1.54) is 19.2 Å². The summed E-state index contributed by atoms with van der Waals surface area (Å²) in [6.45, 7) is 0.0962.